The minimum atomic E-state index is 0.957. The molecule has 0 unspecified atom stereocenters. The van der Waals surface area contributed by atoms with Crippen molar-refractivity contribution in [1.82, 2.24) is 20.2 Å². The molecule has 3 rings (SSSR count). The first-order chi connectivity index (χ1) is 10.2. The lowest BCUT2D eigenvalue weighted by molar-refractivity contribution is 0.904. The lowest BCUT2D eigenvalue weighted by Crippen LogP contribution is -1.88. The molecular formula is C14H16N4S3. The zero-order valence-electron chi connectivity index (χ0n) is 12.0. The molecule has 21 heavy (non-hydrogen) atoms. The molecule has 0 saturated carbocycles. The molecule has 0 aliphatic heterocycles. The predicted molar refractivity (Wildman–Crippen MR) is 88.4 cm³/mol. The third-order valence-corrected chi connectivity index (χ3v) is 5.96. The monoisotopic (exact) mass is 336 g/mol. The summed E-state index contributed by atoms with van der Waals surface area (Å²) in [7, 11) is 0. The average Bonchev–Trinajstić information content (AvgIpc) is 3.16. The maximum absolute atomic E-state index is 4.52. The number of aryl methyl sites for hydroxylation is 6. The quantitative estimate of drug-likeness (QED) is 0.689. The first-order valence-electron chi connectivity index (χ1n) is 6.83. The molecule has 7 heteroatoms. The van der Waals surface area contributed by atoms with E-state index in [0.29, 0.717) is 0 Å². The Kier molecular flexibility index (Phi) is 4.72. The highest BCUT2D eigenvalue weighted by Gasteiger charge is 2.07. The first-order valence-corrected chi connectivity index (χ1v) is 9.28. The molecule has 0 radical (unpaired) electrons. The number of rotatable bonds is 6. The Morgan fingerprint density at radius 1 is 0.762 bits per heavy atom. The Morgan fingerprint density at radius 3 is 2.14 bits per heavy atom. The van der Waals surface area contributed by atoms with Gasteiger partial charge in [0.05, 0.1) is 10.0 Å². The summed E-state index contributed by atoms with van der Waals surface area (Å²) in [6, 6.07) is 0. The maximum Gasteiger partial charge on any atom is 0.117 e. The molecule has 0 spiro atoms. The van der Waals surface area contributed by atoms with Gasteiger partial charge in [-0.05, 0) is 20.3 Å². The molecule has 3 heterocycles. The molecule has 3 aromatic rings. The van der Waals surface area contributed by atoms with Crippen molar-refractivity contribution in [2.24, 2.45) is 0 Å². The molecule has 0 fully saturated rings. The number of nitrogens with zero attached hydrogens (tertiary/aromatic N) is 4. The van der Waals surface area contributed by atoms with Crippen molar-refractivity contribution in [1.29, 1.82) is 0 Å². The van der Waals surface area contributed by atoms with Gasteiger partial charge in [-0.15, -0.1) is 44.2 Å². The Labute approximate surface area is 136 Å². The second-order valence-corrected chi connectivity index (χ2v) is 8.59. The molecule has 0 aliphatic carbocycles. The molecule has 0 aliphatic rings. The highest BCUT2D eigenvalue weighted by Crippen LogP contribution is 2.20. The fraction of sp³-hybridized carbons (Fsp3) is 0.429. The van der Waals surface area contributed by atoms with E-state index < -0.39 is 0 Å². The third-order valence-electron chi connectivity index (χ3n) is 2.98. The van der Waals surface area contributed by atoms with Crippen LogP contribution in [0.25, 0.3) is 0 Å². The summed E-state index contributed by atoms with van der Waals surface area (Å²) in [5.41, 5.74) is 0. The normalized spacial score (nSPS) is 11.1. The number of hydrogen-bond acceptors (Lipinski definition) is 7. The van der Waals surface area contributed by atoms with Gasteiger partial charge >= 0.3 is 0 Å². The molecule has 0 atom stereocenters. The van der Waals surface area contributed by atoms with Gasteiger partial charge in [-0.1, -0.05) is 0 Å². The molecule has 110 valence electrons. The van der Waals surface area contributed by atoms with Gasteiger partial charge in [-0.3, -0.25) is 0 Å². The Morgan fingerprint density at radius 2 is 1.48 bits per heavy atom. The Bertz CT molecular complexity index is 654. The van der Waals surface area contributed by atoms with Gasteiger partial charge < -0.3 is 0 Å². The standard InChI is InChI=1S/C14H16N4S3/c1-9-7-15-12(19-9)5-6-13-16-8-11(21-13)3-4-14-18-17-10(2)20-14/h7-8H,3-6H2,1-2H3. The van der Waals surface area contributed by atoms with Crippen molar-refractivity contribution in [2.45, 2.75) is 39.5 Å². The summed E-state index contributed by atoms with van der Waals surface area (Å²) >= 11 is 5.26. The van der Waals surface area contributed by atoms with Gasteiger partial charge in [0.1, 0.15) is 10.0 Å². The summed E-state index contributed by atoms with van der Waals surface area (Å²) < 4.78 is 0. The Hall–Kier alpha value is -1.18. The molecular weight excluding hydrogens is 320 g/mol. The van der Waals surface area contributed by atoms with E-state index in [1.165, 1.54) is 19.8 Å². The fourth-order valence-electron chi connectivity index (χ4n) is 1.98. The van der Waals surface area contributed by atoms with Gasteiger partial charge in [0, 0.05) is 41.4 Å². The molecule has 0 aromatic carbocycles. The van der Waals surface area contributed by atoms with E-state index in [-0.39, 0.29) is 0 Å². The van der Waals surface area contributed by atoms with Crippen LogP contribution in [0.4, 0.5) is 0 Å². The molecule has 0 amide bonds. The van der Waals surface area contributed by atoms with E-state index in [1.807, 2.05) is 30.7 Å². The highest BCUT2D eigenvalue weighted by atomic mass is 32.1. The zero-order valence-corrected chi connectivity index (χ0v) is 14.4. The van der Waals surface area contributed by atoms with Gasteiger partial charge in [-0.2, -0.15) is 0 Å². The summed E-state index contributed by atoms with van der Waals surface area (Å²) in [4.78, 5) is 11.5. The minimum absolute atomic E-state index is 0.957. The van der Waals surface area contributed by atoms with E-state index in [4.69, 9.17) is 0 Å². The van der Waals surface area contributed by atoms with E-state index in [0.717, 1.165) is 35.7 Å². The van der Waals surface area contributed by atoms with Crippen LogP contribution >= 0.6 is 34.0 Å². The van der Waals surface area contributed by atoms with Crippen molar-refractivity contribution in [3.8, 4) is 0 Å². The molecule has 3 aromatic heterocycles. The largest absolute Gasteiger partial charge is 0.249 e. The van der Waals surface area contributed by atoms with Crippen molar-refractivity contribution < 1.29 is 0 Å². The van der Waals surface area contributed by atoms with Crippen LogP contribution in [0, 0.1) is 13.8 Å². The van der Waals surface area contributed by atoms with E-state index in [9.17, 15) is 0 Å². The second-order valence-electron chi connectivity index (χ2n) is 4.80. The number of thiazole rings is 2. The second kappa shape index (κ2) is 6.72. The third kappa shape index (κ3) is 4.15. The van der Waals surface area contributed by atoms with Crippen molar-refractivity contribution >= 4 is 34.0 Å². The molecule has 4 nitrogen and oxygen atoms in total. The topological polar surface area (TPSA) is 51.6 Å². The van der Waals surface area contributed by atoms with E-state index in [2.05, 4.69) is 27.1 Å². The van der Waals surface area contributed by atoms with Crippen molar-refractivity contribution in [3.05, 3.63) is 42.2 Å². The molecule has 0 saturated heterocycles. The van der Waals surface area contributed by atoms with E-state index in [1.54, 1.807) is 22.7 Å². The number of aromatic nitrogens is 4. The SMILES string of the molecule is Cc1cnc(CCc2ncc(CCc3nnc(C)s3)s2)s1. The average molecular weight is 337 g/mol. The van der Waals surface area contributed by atoms with Crippen LogP contribution < -0.4 is 0 Å². The van der Waals surface area contributed by atoms with Crippen LogP contribution in [0.15, 0.2) is 12.4 Å². The van der Waals surface area contributed by atoms with Gasteiger partial charge in [0.2, 0.25) is 0 Å². The lowest BCUT2D eigenvalue weighted by Gasteiger charge is -1.93. The van der Waals surface area contributed by atoms with Crippen molar-refractivity contribution in [2.75, 3.05) is 0 Å². The summed E-state index contributed by atoms with van der Waals surface area (Å²) in [6.45, 7) is 4.09. The van der Waals surface area contributed by atoms with Crippen LogP contribution in [0.2, 0.25) is 0 Å². The fourth-order valence-corrected chi connectivity index (χ4v) is 4.40. The predicted octanol–water partition coefficient (Wildman–Crippen LogP) is 3.64. The lowest BCUT2D eigenvalue weighted by atomic mass is 10.3. The molecule has 0 bridgehead atoms. The van der Waals surface area contributed by atoms with Gasteiger partial charge in [-0.25, -0.2) is 9.97 Å². The number of hydrogen-bond donors (Lipinski definition) is 0. The van der Waals surface area contributed by atoms with Crippen molar-refractivity contribution in [3.63, 3.8) is 0 Å². The van der Waals surface area contributed by atoms with Crippen LogP contribution in [0.5, 0.6) is 0 Å². The smallest absolute Gasteiger partial charge is 0.117 e. The Balaban J connectivity index is 1.51. The summed E-state index contributed by atoms with van der Waals surface area (Å²) in [6.07, 6.45) is 7.87. The maximum atomic E-state index is 4.52. The van der Waals surface area contributed by atoms with Gasteiger partial charge in [0.25, 0.3) is 0 Å². The summed E-state index contributed by atoms with van der Waals surface area (Å²) in [5, 5.41) is 12.8. The zero-order chi connectivity index (χ0) is 14.7. The highest BCUT2D eigenvalue weighted by molar-refractivity contribution is 7.12. The van der Waals surface area contributed by atoms with Crippen LogP contribution in [-0.2, 0) is 25.7 Å². The first kappa shape index (κ1) is 14.7. The van der Waals surface area contributed by atoms with Crippen LogP contribution in [0.1, 0.15) is 29.8 Å². The van der Waals surface area contributed by atoms with Crippen LogP contribution in [-0.4, -0.2) is 20.2 Å². The van der Waals surface area contributed by atoms with Crippen LogP contribution in [0.3, 0.4) is 0 Å². The summed E-state index contributed by atoms with van der Waals surface area (Å²) in [5.74, 6) is 0. The van der Waals surface area contributed by atoms with E-state index >= 15 is 0 Å². The molecule has 0 N–H and O–H groups in total. The minimum Gasteiger partial charge on any atom is -0.249 e. The van der Waals surface area contributed by atoms with Gasteiger partial charge in [0.15, 0.2) is 0 Å².